The van der Waals surface area contributed by atoms with E-state index < -0.39 is 5.79 Å². The van der Waals surface area contributed by atoms with E-state index in [-0.39, 0.29) is 11.9 Å². The molecule has 3 aliphatic heterocycles. The van der Waals surface area contributed by atoms with Crippen LogP contribution in [0.1, 0.15) is 35.8 Å². The van der Waals surface area contributed by atoms with E-state index in [9.17, 15) is 4.79 Å². The quantitative estimate of drug-likeness (QED) is 0.798. The second-order valence-corrected chi connectivity index (χ2v) is 7.69. The normalized spacial score (nSPS) is 23.2. The Labute approximate surface area is 164 Å². The Balaban J connectivity index is 1.36. The minimum Gasteiger partial charge on any atom is -0.347 e. The van der Waals surface area contributed by atoms with Gasteiger partial charge in [-0.2, -0.15) is 0 Å². The first-order valence-electron chi connectivity index (χ1n) is 9.93. The molecule has 2 fully saturated rings. The van der Waals surface area contributed by atoms with Crippen LogP contribution in [0.5, 0.6) is 0 Å². The van der Waals surface area contributed by atoms with Crippen LogP contribution in [-0.2, 0) is 15.9 Å². The smallest absolute Gasteiger partial charge is 0.272 e. The number of ether oxygens (including phenoxy) is 2. The van der Waals surface area contributed by atoms with Crippen molar-refractivity contribution in [2.24, 2.45) is 0 Å². The molecular formula is C21H24N4O3. The van der Waals surface area contributed by atoms with Crippen LogP contribution in [0.25, 0.3) is 0 Å². The molecule has 0 saturated carbocycles. The van der Waals surface area contributed by atoms with Crippen molar-refractivity contribution in [1.29, 1.82) is 0 Å². The van der Waals surface area contributed by atoms with Crippen molar-refractivity contribution in [3.63, 3.8) is 0 Å². The van der Waals surface area contributed by atoms with Gasteiger partial charge in [-0.25, -0.2) is 9.97 Å². The highest BCUT2D eigenvalue weighted by Gasteiger charge is 2.41. The molecule has 1 aromatic heterocycles. The minimum absolute atomic E-state index is 0.0587. The molecule has 0 radical (unpaired) electrons. The number of hydrogen-bond acceptors (Lipinski definition) is 6. The highest BCUT2D eigenvalue weighted by molar-refractivity contribution is 5.92. The van der Waals surface area contributed by atoms with E-state index in [1.54, 1.807) is 12.3 Å². The molecule has 1 amide bonds. The summed E-state index contributed by atoms with van der Waals surface area (Å²) in [5, 5.41) is 0. The molecule has 0 N–H and O–H groups in total. The largest absolute Gasteiger partial charge is 0.347 e. The number of rotatable bonds is 2. The van der Waals surface area contributed by atoms with Gasteiger partial charge in [0.25, 0.3) is 5.91 Å². The molecule has 4 heterocycles. The van der Waals surface area contributed by atoms with Crippen molar-refractivity contribution < 1.29 is 14.3 Å². The molecule has 1 aromatic carbocycles. The molecule has 7 nitrogen and oxygen atoms in total. The molecule has 2 saturated heterocycles. The lowest BCUT2D eigenvalue weighted by atomic mass is 10.0. The zero-order valence-corrected chi connectivity index (χ0v) is 16.0. The second-order valence-electron chi connectivity index (χ2n) is 7.69. The molecule has 3 aliphatic rings. The molecule has 1 spiro atoms. The number of carbonyl (C=O) groups is 1. The summed E-state index contributed by atoms with van der Waals surface area (Å²) in [5.41, 5.74) is 2.84. The molecule has 28 heavy (non-hydrogen) atoms. The highest BCUT2D eigenvalue weighted by atomic mass is 16.7. The Morgan fingerprint density at radius 2 is 1.89 bits per heavy atom. The molecule has 2 aromatic rings. The van der Waals surface area contributed by atoms with Crippen molar-refractivity contribution in [2.45, 2.75) is 38.0 Å². The van der Waals surface area contributed by atoms with Gasteiger partial charge in [0.2, 0.25) is 5.95 Å². The summed E-state index contributed by atoms with van der Waals surface area (Å²) in [4.78, 5) is 26.1. The lowest BCUT2D eigenvalue weighted by Crippen LogP contribution is -2.47. The van der Waals surface area contributed by atoms with Crippen LogP contribution in [0.2, 0.25) is 0 Å². The Hall–Kier alpha value is -2.51. The van der Waals surface area contributed by atoms with Crippen molar-refractivity contribution in [3.05, 3.63) is 47.8 Å². The zero-order chi connectivity index (χ0) is 19.1. The fourth-order valence-electron chi connectivity index (χ4n) is 4.45. The summed E-state index contributed by atoms with van der Waals surface area (Å²) in [7, 11) is 0. The first kappa shape index (κ1) is 17.6. The van der Waals surface area contributed by atoms with E-state index in [4.69, 9.17) is 9.47 Å². The van der Waals surface area contributed by atoms with E-state index in [1.165, 1.54) is 5.56 Å². The fourth-order valence-corrected chi connectivity index (χ4v) is 4.45. The molecular weight excluding hydrogens is 356 g/mol. The number of para-hydroxylation sites is 1. The average Bonchev–Trinajstić information content (AvgIpc) is 3.31. The Bertz CT molecular complexity index is 887. The van der Waals surface area contributed by atoms with E-state index in [0.29, 0.717) is 50.8 Å². The highest BCUT2D eigenvalue weighted by Crippen LogP contribution is 2.36. The van der Waals surface area contributed by atoms with E-state index in [1.807, 2.05) is 11.0 Å². The fraction of sp³-hybridized carbons (Fsp3) is 0.476. The number of hydrogen-bond donors (Lipinski definition) is 0. The molecule has 5 rings (SSSR count). The van der Waals surface area contributed by atoms with Gasteiger partial charge >= 0.3 is 0 Å². The SMILES string of the molecule is CC1Cc2ccccc2N1c1nccc(C(=O)N2CCC3(CC2)OCCO3)n1. The van der Waals surface area contributed by atoms with Gasteiger partial charge < -0.3 is 19.3 Å². The maximum Gasteiger partial charge on any atom is 0.272 e. The number of benzene rings is 1. The second kappa shape index (κ2) is 6.83. The van der Waals surface area contributed by atoms with Crippen molar-refractivity contribution in [1.82, 2.24) is 14.9 Å². The van der Waals surface area contributed by atoms with Gasteiger partial charge in [0.1, 0.15) is 5.69 Å². The number of anilines is 2. The molecule has 0 bridgehead atoms. The monoisotopic (exact) mass is 380 g/mol. The Morgan fingerprint density at radius 3 is 2.68 bits per heavy atom. The van der Waals surface area contributed by atoms with Crippen LogP contribution < -0.4 is 4.90 Å². The maximum absolute atomic E-state index is 13.0. The van der Waals surface area contributed by atoms with Crippen molar-refractivity contribution in [3.8, 4) is 0 Å². The third kappa shape index (κ3) is 2.95. The summed E-state index contributed by atoms with van der Waals surface area (Å²) in [6.07, 6.45) is 4.03. The Morgan fingerprint density at radius 1 is 1.14 bits per heavy atom. The standard InChI is InChI=1S/C21H24N4O3/c1-15-14-16-4-2-3-5-18(16)25(15)20-22-9-6-17(23-20)19(26)24-10-7-21(8-11-24)27-12-13-28-21/h2-6,9,15H,7-8,10-14H2,1H3. The topological polar surface area (TPSA) is 67.8 Å². The maximum atomic E-state index is 13.0. The predicted molar refractivity (Wildman–Crippen MR) is 104 cm³/mol. The lowest BCUT2D eigenvalue weighted by molar-refractivity contribution is -0.181. The van der Waals surface area contributed by atoms with Crippen LogP contribution >= 0.6 is 0 Å². The molecule has 7 heteroatoms. The number of nitrogens with zero attached hydrogens (tertiary/aromatic N) is 4. The predicted octanol–water partition coefficient (Wildman–Crippen LogP) is 2.54. The molecule has 146 valence electrons. The van der Waals surface area contributed by atoms with Gasteiger partial charge in [0.05, 0.1) is 13.2 Å². The zero-order valence-electron chi connectivity index (χ0n) is 16.0. The van der Waals surface area contributed by atoms with Crippen LogP contribution in [0.15, 0.2) is 36.5 Å². The number of aromatic nitrogens is 2. The molecule has 1 unspecified atom stereocenters. The van der Waals surface area contributed by atoms with Crippen LogP contribution in [0.3, 0.4) is 0 Å². The van der Waals surface area contributed by atoms with E-state index in [2.05, 4.69) is 40.0 Å². The van der Waals surface area contributed by atoms with Crippen LogP contribution in [0, 0.1) is 0 Å². The molecule has 0 aliphatic carbocycles. The summed E-state index contributed by atoms with van der Waals surface area (Å²) >= 11 is 0. The average molecular weight is 380 g/mol. The summed E-state index contributed by atoms with van der Waals surface area (Å²) < 4.78 is 11.5. The van der Waals surface area contributed by atoms with Gasteiger partial charge in [-0.3, -0.25) is 4.79 Å². The van der Waals surface area contributed by atoms with Gasteiger partial charge in [0, 0.05) is 43.9 Å². The van der Waals surface area contributed by atoms with Crippen molar-refractivity contribution >= 4 is 17.5 Å². The van der Waals surface area contributed by atoms with Crippen LogP contribution in [0.4, 0.5) is 11.6 Å². The lowest BCUT2D eigenvalue weighted by Gasteiger charge is -2.37. The third-order valence-corrected chi connectivity index (χ3v) is 5.91. The summed E-state index contributed by atoms with van der Waals surface area (Å²) in [6.45, 7) is 4.66. The Kier molecular flexibility index (Phi) is 4.29. The first-order chi connectivity index (χ1) is 13.7. The number of fused-ring (bicyclic) bond motifs is 1. The summed E-state index contributed by atoms with van der Waals surface area (Å²) in [5.74, 6) is 0.0401. The van der Waals surface area contributed by atoms with Gasteiger partial charge in [-0.1, -0.05) is 18.2 Å². The third-order valence-electron chi connectivity index (χ3n) is 5.91. The van der Waals surface area contributed by atoms with Gasteiger partial charge in [-0.15, -0.1) is 0 Å². The van der Waals surface area contributed by atoms with E-state index in [0.717, 1.165) is 12.1 Å². The summed E-state index contributed by atoms with van der Waals surface area (Å²) in [6, 6.07) is 10.3. The first-order valence-corrected chi connectivity index (χ1v) is 9.93. The van der Waals surface area contributed by atoms with Crippen LogP contribution in [-0.4, -0.2) is 58.9 Å². The number of likely N-dealkylation sites (tertiary alicyclic amines) is 1. The van der Waals surface area contributed by atoms with Gasteiger partial charge in [0.15, 0.2) is 5.79 Å². The van der Waals surface area contributed by atoms with Crippen molar-refractivity contribution in [2.75, 3.05) is 31.2 Å². The number of amides is 1. The van der Waals surface area contributed by atoms with Gasteiger partial charge in [-0.05, 0) is 31.0 Å². The minimum atomic E-state index is -0.484. The molecule has 1 atom stereocenters. The van der Waals surface area contributed by atoms with E-state index >= 15 is 0 Å². The number of piperidine rings is 1. The number of carbonyl (C=O) groups excluding carboxylic acids is 1.